The number of fused-ring (bicyclic) bond motifs is 1. The van der Waals surface area contributed by atoms with Crippen LogP contribution < -0.4 is 0 Å². The Morgan fingerprint density at radius 1 is 1.43 bits per heavy atom. The zero-order chi connectivity index (χ0) is 9.97. The van der Waals surface area contributed by atoms with Crippen molar-refractivity contribution >= 4 is 11.6 Å². The summed E-state index contributed by atoms with van der Waals surface area (Å²) in [4.78, 5) is 2.41. The molecule has 1 nitrogen and oxygen atoms in total. The molecule has 2 heteroatoms. The molecule has 1 heterocycles. The van der Waals surface area contributed by atoms with Gasteiger partial charge in [0, 0.05) is 18.5 Å². The Morgan fingerprint density at radius 2 is 2.21 bits per heavy atom. The highest BCUT2D eigenvalue weighted by atomic mass is 35.5. The molecular formula is C12H16ClN. The molecule has 1 aliphatic rings. The van der Waals surface area contributed by atoms with Gasteiger partial charge in [-0.3, -0.25) is 4.90 Å². The summed E-state index contributed by atoms with van der Waals surface area (Å²) in [6, 6.07) is 9.25. The Kier molecular flexibility index (Phi) is 3.09. The minimum absolute atomic E-state index is 0.525. The fourth-order valence-corrected chi connectivity index (χ4v) is 2.46. The highest BCUT2D eigenvalue weighted by Gasteiger charge is 2.23. The van der Waals surface area contributed by atoms with E-state index in [0.29, 0.717) is 6.04 Å². The van der Waals surface area contributed by atoms with Gasteiger partial charge in [-0.15, -0.1) is 11.6 Å². The van der Waals surface area contributed by atoms with Crippen LogP contribution in [0.3, 0.4) is 0 Å². The summed E-state index contributed by atoms with van der Waals surface area (Å²) in [5, 5.41) is 0. The van der Waals surface area contributed by atoms with Gasteiger partial charge in [-0.1, -0.05) is 24.3 Å². The third-order valence-electron chi connectivity index (χ3n) is 3.06. The van der Waals surface area contributed by atoms with Crippen molar-refractivity contribution in [1.29, 1.82) is 0 Å². The normalized spacial score (nSPS) is 22.0. The molecule has 0 amide bonds. The van der Waals surface area contributed by atoms with Crippen LogP contribution in [0.25, 0.3) is 0 Å². The molecule has 0 fully saturated rings. The summed E-state index contributed by atoms with van der Waals surface area (Å²) >= 11 is 5.84. The molecule has 0 radical (unpaired) electrons. The number of hydrogen-bond acceptors (Lipinski definition) is 1. The first-order valence-electron chi connectivity index (χ1n) is 5.17. The largest absolute Gasteiger partial charge is 0.299 e. The van der Waals surface area contributed by atoms with Crippen LogP contribution in [0.4, 0.5) is 0 Å². The molecule has 2 rings (SSSR count). The van der Waals surface area contributed by atoms with E-state index in [-0.39, 0.29) is 0 Å². The van der Waals surface area contributed by atoms with Crippen molar-refractivity contribution in [2.75, 3.05) is 19.5 Å². The Labute approximate surface area is 90.7 Å². The maximum Gasteiger partial charge on any atom is 0.0359 e. The summed E-state index contributed by atoms with van der Waals surface area (Å²) < 4.78 is 0. The van der Waals surface area contributed by atoms with Gasteiger partial charge >= 0.3 is 0 Å². The van der Waals surface area contributed by atoms with E-state index in [0.717, 1.165) is 18.8 Å². The van der Waals surface area contributed by atoms with Crippen LogP contribution >= 0.6 is 11.6 Å². The minimum atomic E-state index is 0.525. The number of benzene rings is 1. The van der Waals surface area contributed by atoms with E-state index < -0.39 is 0 Å². The summed E-state index contributed by atoms with van der Waals surface area (Å²) in [6.07, 6.45) is 2.22. The van der Waals surface area contributed by atoms with E-state index in [2.05, 4.69) is 36.2 Å². The van der Waals surface area contributed by atoms with E-state index >= 15 is 0 Å². The van der Waals surface area contributed by atoms with Crippen molar-refractivity contribution < 1.29 is 0 Å². The number of hydrogen-bond donors (Lipinski definition) is 0. The second kappa shape index (κ2) is 4.33. The maximum atomic E-state index is 5.84. The van der Waals surface area contributed by atoms with Gasteiger partial charge in [-0.05, 0) is 31.0 Å². The lowest BCUT2D eigenvalue weighted by Gasteiger charge is -2.34. The molecule has 1 aliphatic heterocycles. The molecule has 14 heavy (non-hydrogen) atoms. The summed E-state index contributed by atoms with van der Waals surface area (Å²) in [7, 11) is 2.19. The second-order valence-electron chi connectivity index (χ2n) is 3.92. The van der Waals surface area contributed by atoms with Gasteiger partial charge in [0.05, 0.1) is 0 Å². The summed E-state index contributed by atoms with van der Waals surface area (Å²) in [5.74, 6) is 0.739. The summed E-state index contributed by atoms with van der Waals surface area (Å²) in [5.41, 5.74) is 2.97. The summed E-state index contributed by atoms with van der Waals surface area (Å²) in [6.45, 7) is 1.15. The monoisotopic (exact) mass is 209 g/mol. The maximum absolute atomic E-state index is 5.84. The molecular weight excluding hydrogens is 194 g/mol. The van der Waals surface area contributed by atoms with Gasteiger partial charge in [0.1, 0.15) is 0 Å². The van der Waals surface area contributed by atoms with Crippen molar-refractivity contribution in [1.82, 2.24) is 4.90 Å². The average Bonchev–Trinajstić information content (AvgIpc) is 2.23. The first-order valence-corrected chi connectivity index (χ1v) is 5.70. The number of nitrogens with zero attached hydrogens (tertiary/aromatic N) is 1. The SMILES string of the molecule is CN1CCc2ccccc2C1CCCl. The molecule has 0 bridgehead atoms. The van der Waals surface area contributed by atoms with Crippen molar-refractivity contribution in [3.05, 3.63) is 35.4 Å². The number of alkyl halides is 1. The van der Waals surface area contributed by atoms with Crippen molar-refractivity contribution in [3.8, 4) is 0 Å². The lowest BCUT2D eigenvalue weighted by Crippen LogP contribution is -2.32. The molecule has 0 aromatic heterocycles. The van der Waals surface area contributed by atoms with E-state index in [1.807, 2.05) is 0 Å². The number of halogens is 1. The Bertz CT molecular complexity index is 311. The Balaban J connectivity index is 2.31. The van der Waals surface area contributed by atoms with Gasteiger partial charge in [0.15, 0.2) is 0 Å². The first kappa shape index (κ1) is 10.0. The topological polar surface area (TPSA) is 3.24 Å². The van der Waals surface area contributed by atoms with E-state index in [1.165, 1.54) is 17.5 Å². The van der Waals surface area contributed by atoms with Crippen LogP contribution in [0.2, 0.25) is 0 Å². The molecule has 0 spiro atoms. The molecule has 0 aliphatic carbocycles. The van der Waals surface area contributed by atoms with Crippen molar-refractivity contribution in [2.45, 2.75) is 18.9 Å². The highest BCUT2D eigenvalue weighted by Crippen LogP contribution is 2.30. The van der Waals surface area contributed by atoms with Gasteiger partial charge in [-0.25, -0.2) is 0 Å². The molecule has 76 valence electrons. The number of likely N-dealkylation sites (N-methyl/N-ethyl adjacent to an activating group) is 1. The van der Waals surface area contributed by atoms with Crippen LogP contribution in [-0.4, -0.2) is 24.4 Å². The standard InChI is InChI=1S/C12H16ClN/c1-14-9-7-10-4-2-3-5-11(10)12(14)6-8-13/h2-5,12H,6-9H2,1H3. The molecule has 0 N–H and O–H groups in total. The van der Waals surface area contributed by atoms with Gasteiger partial charge in [-0.2, -0.15) is 0 Å². The molecule has 0 saturated carbocycles. The van der Waals surface area contributed by atoms with Gasteiger partial charge in [0.25, 0.3) is 0 Å². The van der Waals surface area contributed by atoms with E-state index in [9.17, 15) is 0 Å². The number of rotatable bonds is 2. The lowest BCUT2D eigenvalue weighted by molar-refractivity contribution is 0.226. The smallest absolute Gasteiger partial charge is 0.0359 e. The predicted molar refractivity (Wildman–Crippen MR) is 60.9 cm³/mol. The molecule has 1 atom stereocenters. The zero-order valence-corrected chi connectivity index (χ0v) is 9.30. The molecule has 1 unspecified atom stereocenters. The first-order chi connectivity index (χ1) is 6.83. The fraction of sp³-hybridized carbons (Fsp3) is 0.500. The van der Waals surface area contributed by atoms with Crippen LogP contribution in [0.1, 0.15) is 23.6 Å². The Morgan fingerprint density at radius 3 is 3.00 bits per heavy atom. The van der Waals surface area contributed by atoms with Crippen LogP contribution in [0.15, 0.2) is 24.3 Å². The van der Waals surface area contributed by atoms with Gasteiger partial charge < -0.3 is 0 Å². The quantitative estimate of drug-likeness (QED) is 0.678. The third kappa shape index (κ3) is 1.79. The molecule has 1 aromatic carbocycles. The lowest BCUT2D eigenvalue weighted by atomic mass is 9.92. The van der Waals surface area contributed by atoms with Crippen molar-refractivity contribution in [2.24, 2.45) is 0 Å². The molecule has 1 aromatic rings. The van der Waals surface area contributed by atoms with Crippen molar-refractivity contribution in [3.63, 3.8) is 0 Å². The average molecular weight is 210 g/mol. The third-order valence-corrected chi connectivity index (χ3v) is 3.28. The van der Waals surface area contributed by atoms with E-state index in [4.69, 9.17) is 11.6 Å². The highest BCUT2D eigenvalue weighted by molar-refractivity contribution is 6.17. The Hall–Kier alpha value is -0.530. The van der Waals surface area contributed by atoms with Crippen LogP contribution in [0.5, 0.6) is 0 Å². The van der Waals surface area contributed by atoms with Crippen LogP contribution in [-0.2, 0) is 6.42 Å². The van der Waals surface area contributed by atoms with Crippen LogP contribution in [0, 0.1) is 0 Å². The predicted octanol–water partition coefficient (Wildman–Crippen LogP) is 2.84. The van der Waals surface area contributed by atoms with E-state index in [1.54, 1.807) is 0 Å². The molecule has 0 saturated heterocycles. The zero-order valence-electron chi connectivity index (χ0n) is 8.54. The fourth-order valence-electron chi connectivity index (χ4n) is 2.26. The second-order valence-corrected chi connectivity index (χ2v) is 4.30. The van der Waals surface area contributed by atoms with Gasteiger partial charge in [0.2, 0.25) is 0 Å². The minimum Gasteiger partial charge on any atom is -0.299 e.